The van der Waals surface area contributed by atoms with Crippen LogP contribution < -0.4 is 15.0 Å². The highest BCUT2D eigenvalue weighted by atomic mass is 32.2. The largest absolute Gasteiger partial charge is 0.497 e. The van der Waals surface area contributed by atoms with Crippen molar-refractivity contribution >= 4 is 39.0 Å². The van der Waals surface area contributed by atoms with Gasteiger partial charge in [-0.15, -0.1) is 27.9 Å². The lowest BCUT2D eigenvalue weighted by Crippen LogP contribution is -2.41. The lowest BCUT2D eigenvalue weighted by Gasteiger charge is -2.07. The van der Waals surface area contributed by atoms with E-state index in [9.17, 15) is 13.2 Å². The van der Waals surface area contributed by atoms with Gasteiger partial charge in [-0.05, 0) is 35.7 Å². The molecule has 0 saturated carbocycles. The topological polar surface area (TPSA) is 84.5 Å². The maximum Gasteiger partial charge on any atom is 0.266 e. The number of thiophene rings is 1. The molecule has 0 radical (unpaired) electrons. The first-order chi connectivity index (χ1) is 11.0. The zero-order chi connectivity index (χ0) is 16.7. The van der Waals surface area contributed by atoms with Gasteiger partial charge in [0.25, 0.3) is 10.0 Å². The fourth-order valence-electron chi connectivity index (χ4n) is 1.59. The number of hydrazine groups is 1. The molecule has 0 unspecified atom stereocenters. The third-order valence-electron chi connectivity index (χ3n) is 2.74. The Labute approximate surface area is 143 Å². The van der Waals surface area contributed by atoms with Crippen LogP contribution in [0.2, 0.25) is 0 Å². The van der Waals surface area contributed by atoms with Crippen LogP contribution in [0, 0.1) is 0 Å². The Hall–Kier alpha value is -1.55. The summed E-state index contributed by atoms with van der Waals surface area (Å²) in [5, 5.41) is 1.65. The van der Waals surface area contributed by atoms with Crippen LogP contribution in [0.3, 0.4) is 0 Å². The van der Waals surface area contributed by atoms with Gasteiger partial charge in [-0.3, -0.25) is 10.2 Å². The van der Waals surface area contributed by atoms with Crippen molar-refractivity contribution < 1.29 is 17.9 Å². The fourth-order valence-corrected chi connectivity index (χ4v) is 4.29. The third-order valence-corrected chi connectivity index (χ3v) is 6.40. The Morgan fingerprint density at radius 2 is 2.00 bits per heavy atom. The molecular weight excluding hydrogens is 356 g/mol. The van der Waals surface area contributed by atoms with E-state index in [1.807, 2.05) is 24.3 Å². The molecule has 0 bridgehead atoms. The van der Waals surface area contributed by atoms with E-state index >= 15 is 0 Å². The Morgan fingerprint density at radius 3 is 2.61 bits per heavy atom. The first kappa shape index (κ1) is 17.8. The predicted octanol–water partition coefficient (Wildman–Crippen LogP) is 2.25. The second-order valence-corrected chi connectivity index (χ2v) is 8.39. The molecule has 1 aromatic carbocycles. The van der Waals surface area contributed by atoms with Gasteiger partial charge in [0.15, 0.2) is 0 Å². The molecule has 0 aliphatic rings. The van der Waals surface area contributed by atoms with Crippen molar-refractivity contribution in [2.75, 3.05) is 12.9 Å². The van der Waals surface area contributed by atoms with E-state index < -0.39 is 10.0 Å². The minimum atomic E-state index is -3.68. The van der Waals surface area contributed by atoms with E-state index in [2.05, 4.69) is 10.3 Å². The van der Waals surface area contributed by atoms with Gasteiger partial charge in [0.1, 0.15) is 9.96 Å². The number of sulfonamides is 1. The molecule has 0 atom stereocenters. The van der Waals surface area contributed by atoms with Gasteiger partial charge in [0.2, 0.25) is 5.91 Å². The number of carbonyl (C=O) groups is 1. The lowest BCUT2D eigenvalue weighted by atomic mass is 10.3. The summed E-state index contributed by atoms with van der Waals surface area (Å²) in [6.45, 7) is 0. The van der Waals surface area contributed by atoms with Crippen LogP contribution in [-0.4, -0.2) is 27.2 Å². The summed E-state index contributed by atoms with van der Waals surface area (Å²) in [4.78, 5) is 14.8. The van der Waals surface area contributed by atoms with Crippen molar-refractivity contribution in [3.63, 3.8) is 0 Å². The van der Waals surface area contributed by atoms with E-state index in [1.165, 1.54) is 17.8 Å². The highest BCUT2D eigenvalue weighted by molar-refractivity contribution is 7.99. The van der Waals surface area contributed by atoms with Crippen LogP contribution in [0.4, 0.5) is 0 Å². The quantitative estimate of drug-likeness (QED) is 0.548. The van der Waals surface area contributed by atoms with E-state index in [4.69, 9.17) is 4.74 Å². The fraction of sp³-hybridized carbons (Fsp3) is 0.214. The summed E-state index contributed by atoms with van der Waals surface area (Å²) in [5.41, 5.74) is 2.21. The number of rotatable bonds is 8. The molecule has 0 spiro atoms. The number of amides is 1. The summed E-state index contributed by atoms with van der Waals surface area (Å²) in [5.74, 6) is 0.931. The zero-order valence-electron chi connectivity index (χ0n) is 12.3. The molecule has 124 valence electrons. The molecule has 0 fully saturated rings. The SMILES string of the molecule is COc1ccc(SCCC(=O)NNS(=O)(=O)c2cccs2)cc1. The molecule has 9 heteroatoms. The molecule has 0 aliphatic carbocycles. The van der Waals surface area contributed by atoms with Crippen LogP contribution in [0.15, 0.2) is 50.9 Å². The average Bonchev–Trinajstić information content (AvgIpc) is 3.09. The predicted molar refractivity (Wildman–Crippen MR) is 91.1 cm³/mol. The Kier molecular flexibility index (Phi) is 6.46. The monoisotopic (exact) mass is 372 g/mol. The number of benzene rings is 1. The number of carbonyl (C=O) groups excluding carboxylic acids is 1. The molecule has 0 aliphatic heterocycles. The van der Waals surface area contributed by atoms with Gasteiger partial charge < -0.3 is 4.74 Å². The Morgan fingerprint density at radius 1 is 1.26 bits per heavy atom. The minimum Gasteiger partial charge on any atom is -0.497 e. The summed E-state index contributed by atoms with van der Waals surface area (Å²) in [6.07, 6.45) is 0.198. The van der Waals surface area contributed by atoms with Gasteiger partial charge in [0.05, 0.1) is 7.11 Å². The molecular formula is C14H16N2O4S3. The number of nitrogens with one attached hydrogen (secondary N) is 2. The number of thioether (sulfide) groups is 1. The molecule has 6 nitrogen and oxygen atoms in total. The Balaban J connectivity index is 1.73. The minimum absolute atomic E-state index is 0.158. The molecule has 2 N–H and O–H groups in total. The van der Waals surface area contributed by atoms with Crippen LogP contribution >= 0.6 is 23.1 Å². The van der Waals surface area contributed by atoms with Crippen LogP contribution in [-0.2, 0) is 14.8 Å². The second-order valence-electron chi connectivity index (χ2n) is 4.36. The number of hydrogen-bond acceptors (Lipinski definition) is 6. The molecule has 2 aromatic rings. The molecule has 1 heterocycles. The summed E-state index contributed by atoms with van der Waals surface area (Å²) < 4.78 is 28.9. The maximum absolute atomic E-state index is 11.8. The zero-order valence-corrected chi connectivity index (χ0v) is 14.8. The van der Waals surface area contributed by atoms with Crippen LogP contribution in [0.1, 0.15) is 6.42 Å². The smallest absolute Gasteiger partial charge is 0.266 e. The molecule has 1 amide bonds. The van der Waals surface area contributed by atoms with E-state index in [0.29, 0.717) is 5.75 Å². The number of methoxy groups -OCH3 is 1. The van der Waals surface area contributed by atoms with Crippen molar-refractivity contribution in [3.05, 3.63) is 41.8 Å². The molecule has 23 heavy (non-hydrogen) atoms. The van der Waals surface area contributed by atoms with Crippen LogP contribution in [0.25, 0.3) is 0 Å². The van der Waals surface area contributed by atoms with Gasteiger partial charge in [-0.2, -0.15) is 0 Å². The first-order valence-electron chi connectivity index (χ1n) is 6.62. The summed E-state index contributed by atoms with van der Waals surface area (Å²) >= 11 is 2.59. The van der Waals surface area contributed by atoms with E-state index in [0.717, 1.165) is 22.0 Å². The van der Waals surface area contributed by atoms with Gasteiger partial charge >= 0.3 is 0 Å². The number of hydrogen-bond donors (Lipinski definition) is 2. The molecule has 1 aromatic heterocycles. The summed E-state index contributed by atoms with van der Waals surface area (Å²) in [7, 11) is -2.08. The number of ether oxygens (including phenoxy) is 1. The molecule has 0 saturated heterocycles. The van der Waals surface area contributed by atoms with Gasteiger partial charge in [-0.1, -0.05) is 6.07 Å². The summed E-state index contributed by atoms with van der Waals surface area (Å²) in [6, 6.07) is 10.6. The van der Waals surface area contributed by atoms with Crippen molar-refractivity contribution in [2.24, 2.45) is 0 Å². The van der Waals surface area contributed by atoms with Crippen LogP contribution in [0.5, 0.6) is 5.75 Å². The Bertz CT molecular complexity index is 728. The standard InChI is InChI=1S/C14H16N2O4S3/c1-20-11-4-6-12(7-5-11)21-10-8-13(17)15-16-23(18,19)14-3-2-9-22-14/h2-7,9,16H,8,10H2,1H3,(H,15,17). The first-order valence-corrected chi connectivity index (χ1v) is 9.97. The third kappa shape index (κ3) is 5.54. The normalized spacial score (nSPS) is 11.2. The average molecular weight is 372 g/mol. The van der Waals surface area contributed by atoms with E-state index in [-0.39, 0.29) is 16.5 Å². The lowest BCUT2D eigenvalue weighted by molar-refractivity contribution is -0.121. The second kappa shape index (κ2) is 8.34. The van der Waals surface area contributed by atoms with Crippen molar-refractivity contribution in [1.82, 2.24) is 10.3 Å². The maximum atomic E-state index is 11.8. The van der Waals surface area contributed by atoms with Crippen molar-refractivity contribution in [1.29, 1.82) is 0 Å². The highest BCUT2D eigenvalue weighted by Crippen LogP contribution is 2.21. The van der Waals surface area contributed by atoms with Gasteiger partial charge in [0, 0.05) is 17.1 Å². The highest BCUT2D eigenvalue weighted by Gasteiger charge is 2.15. The van der Waals surface area contributed by atoms with E-state index in [1.54, 1.807) is 18.6 Å². The van der Waals surface area contributed by atoms with Crippen molar-refractivity contribution in [2.45, 2.75) is 15.5 Å². The molecule has 2 rings (SSSR count). The van der Waals surface area contributed by atoms with Gasteiger partial charge in [-0.25, -0.2) is 8.42 Å². The van der Waals surface area contributed by atoms with Crippen molar-refractivity contribution in [3.8, 4) is 5.75 Å².